The molecular weight excluding hydrogens is 286 g/mol. The molecule has 114 valence electrons. The summed E-state index contributed by atoms with van der Waals surface area (Å²) in [4.78, 5) is 0. The fourth-order valence-corrected chi connectivity index (χ4v) is 1.77. The van der Waals surface area contributed by atoms with Crippen LogP contribution in [0.1, 0.15) is 25.0 Å². The van der Waals surface area contributed by atoms with Crippen LogP contribution in [-0.2, 0) is 12.7 Å². The minimum atomic E-state index is -4.49. The van der Waals surface area contributed by atoms with Crippen LogP contribution in [0.2, 0.25) is 0 Å². The van der Waals surface area contributed by atoms with Crippen molar-refractivity contribution in [1.82, 2.24) is 15.1 Å². The third-order valence-electron chi connectivity index (χ3n) is 2.88. The van der Waals surface area contributed by atoms with Crippen molar-refractivity contribution in [3.63, 3.8) is 0 Å². The smallest absolute Gasteiger partial charge is 0.310 e. The Bertz CT molecular complexity index is 617. The minimum absolute atomic E-state index is 0.0150. The van der Waals surface area contributed by atoms with Crippen molar-refractivity contribution in [2.45, 2.75) is 32.6 Å². The third-order valence-corrected chi connectivity index (χ3v) is 2.88. The van der Waals surface area contributed by atoms with Crippen molar-refractivity contribution in [3.8, 4) is 5.69 Å². The molecule has 0 bridgehead atoms. The van der Waals surface area contributed by atoms with Gasteiger partial charge in [0.1, 0.15) is 11.5 Å². The molecule has 0 unspecified atom stereocenters. The van der Waals surface area contributed by atoms with E-state index in [1.54, 1.807) is 6.07 Å². The molecule has 1 aromatic heterocycles. The van der Waals surface area contributed by atoms with Gasteiger partial charge in [0.25, 0.3) is 0 Å². The van der Waals surface area contributed by atoms with Gasteiger partial charge >= 0.3 is 6.18 Å². The lowest BCUT2D eigenvalue weighted by atomic mass is 10.2. The Balaban J connectivity index is 2.23. The largest absolute Gasteiger partial charge is 0.419 e. The molecule has 3 nitrogen and oxygen atoms in total. The maximum absolute atomic E-state index is 14.0. The van der Waals surface area contributed by atoms with Crippen LogP contribution in [0.25, 0.3) is 5.69 Å². The minimum Gasteiger partial charge on any atom is -0.310 e. The van der Waals surface area contributed by atoms with Crippen molar-refractivity contribution >= 4 is 0 Å². The molecular formula is C14H15F4N3. The quantitative estimate of drug-likeness (QED) is 0.876. The molecule has 0 aliphatic heterocycles. The zero-order chi connectivity index (χ0) is 15.6. The van der Waals surface area contributed by atoms with Gasteiger partial charge in [-0.15, -0.1) is 0 Å². The highest BCUT2D eigenvalue weighted by atomic mass is 19.4. The molecule has 1 heterocycles. The number of halogens is 4. The van der Waals surface area contributed by atoms with Gasteiger partial charge in [-0.3, -0.25) is 0 Å². The number of rotatable bonds is 4. The normalized spacial score (nSPS) is 12.1. The first kappa shape index (κ1) is 15.5. The first-order chi connectivity index (χ1) is 9.77. The topological polar surface area (TPSA) is 29.9 Å². The van der Waals surface area contributed by atoms with Crippen LogP contribution < -0.4 is 5.32 Å². The van der Waals surface area contributed by atoms with Gasteiger partial charge < -0.3 is 5.32 Å². The Morgan fingerprint density at radius 2 is 2.00 bits per heavy atom. The Labute approximate surface area is 119 Å². The molecule has 0 radical (unpaired) electrons. The van der Waals surface area contributed by atoms with Crippen molar-refractivity contribution in [2.24, 2.45) is 0 Å². The lowest BCUT2D eigenvalue weighted by molar-refractivity contribution is -0.137. The van der Waals surface area contributed by atoms with Crippen LogP contribution in [0.15, 0.2) is 30.6 Å². The van der Waals surface area contributed by atoms with Gasteiger partial charge in [-0.05, 0) is 17.7 Å². The highest BCUT2D eigenvalue weighted by Crippen LogP contribution is 2.29. The standard InChI is InChI=1S/C14H15F4N3/c1-9(2)19-6-10-3-4-13(12(15)5-10)21-8-11(7-20-21)14(16,17)18/h3-5,7-9,19H,6H2,1-2H3. The zero-order valence-electron chi connectivity index (χ0n) is 11.6. The molecule has 0 spiro atoms. The van der Waals surface area contributed by atoms with E-state index in [9.17, 15) is 17.6 Å². The first-order valence-corrected chi connectivity index (χ1v) is 6.41. The molecule has 0 atom stereocenters. The van der Waals surface area contributed by atoms with E-state index < -0.39 is 17.6 Å². The summed E-state index contributed by atoms with van der Waals surface area (Å²) >= 11 is 0. The predicted octanol–water partition coefficient (Wildman–Crippen LogP) is 3.53. The van der Waals surface area contributed by atoms with Crippen molar-refractivity contribution in [1.29, 1.82) is 0 Å². The van der Waals surface area contributed by atoms with Gasteiger partial charge in [0.15, 0.2) is 0 Å². The first-order valence-electron chi connectivity index (χ1n) is 6.41. The number of hydrogen-bond donors (Lipinski definition) is 1. The van der Waals surface area contributed by atoms with Crippen LogP contribution in [0.4, 0.5) is 17.6 Å². The summed E-state index contributed by atoms with van der Waals surface area (Å²) in [6.07, 6.45) is -3.05. The Morgan fingerprint density at radius 1 is 1.29 bits per heavy atom. The van der Waals surface area contributed by atoms with Crippen LogP contribution in [0.3, 0.4) is 0 Å². The van der Waals surface area contributed by atoms with Gasteiger partial charge in [0.2, 0.25) is 0 Å². The average Bonchev–Trinajstić information content (AvgIpc) is 2.85. The second kappa shape index (κ2) is 5.85. The van der Waals surface area contributed by atoms with Crippen molar-refractivity contribution in [2.75, 3.05) is 0 Å². The number of benzene rings is 1. The Hall–Kier alpha value is -1.89. The van der Waals surface area contributed by atoms with Crippen molar-refractivity contribution in [3.05, 3.63) is 47.5 Å². The second-order valence-electron chi connectivity index (χ2n) is 4.99. The summed E-state index contributed by atoms with van der Waals surface area (Å²) < 4.78 is 52.4. The van der Waals surface area contributed by atoms with E-state index in [0.29, 0.717) is 18.3 Å². The molecule has 7 heteroatoms. The summed E-state index contributed by atoms with van der Waals surface area (Å²) in [7, 11) is 0. The highest BCUT2D eigenvalue weighted by molar-refractivity contribution is 5.36. The van der Waals surface area contributed by atoms with E-state index >= 15 is 0 Å². The van der Waals surface area contributed by atoms with Gasteiger partial charge in [0, 0.05) is 18.8 Å². The SMILES string of the molecule is CC(C)NCc1ccc(-n2cc(C(F)(F)F)cn2)c(F)c1. The summed E-state index contributed by atoms with van der Waals surface area (Å²) in [5.74, 6) is -0.616. The van der Waals surface area contributed by atoms with Crippen LogP contribution in [0.5, 0.6) is 0 Å². The maximum Gasteiger partial charge on any atom is 0.419 e. The molecule has 0 aliphatic carbocycles. The summed E-state index contributed by atoms with van der Waals surface area (Å²) in [6, 6.07) is 4.62. The lowest BCUT2D eigenvalue weighted by Gasteiger charge is -2.10. The van der Waals surface area contributed by atoms with Crippen LogP contribution in [0, 0.1) is 5.82 Å². The third kappa shape index (κ3) is 3.81. The highest BCUT2D eigenvalue weighted by Gasteiger charge is 2.32. The monoisotopic (exact) mass is 301 g/mol. The van der Waals surface area contributed by atoms with Gasteiger partial charge in [-0.2, -0.15) is 18.3 Å². The van der Waals surface area contributed by atoms with Gasteiger partial charge in [0.05, 0.1) is 11.8 Å². The molecule has 2 rings (SSSR count). The summed E-state index contributed by atoms with van der Waals surface area (Å²) in [5.41, 5.74) is -0.209. The Kier molecular flexibility index (Phi) is 4.32. The molecule has 21 heavy (non-hydrogen) atoms. The maximum atomic E-state index is 14.0. The predicted molar refractivity (Wildman–Crippen MR) is 70.5 cm³/mol. The molecule has 1 aromatic carbocycles. The summed E-state index contributed by atoms with van der Waals surface area (Å²) in [6.45, 7) is 4.42. The molecule has 1 N–H and O–H groups in total. The summed E-state index contributed by atoms with van der Waals surface area (Å²) in [5, 5.41) is 6.69. The number of hydrogen-bond acceptors (Lipinski definition) is 2. The number of alkyl halides is 3. The fourth-order valence-electron chi connectivity index (χ4n) is 1.77. The van der Waals surface area contributed by atoms with Crippen molar-refractivity contribution < 1.29 is 17.6 Å². The van der Waals surface area contributed by atoms with E-state index in [1.165, 1.54) is 12.1 Å². The van der Waals surface area contributed by atoms with E-state index in [0.717, 1.165) is 10.9 Å². The van der Waals surface area contributed by atoms with E-state index in [-0.39, 0.29) is 11.7 Å². The Morgan fingerprint density at radius 3 is 2.52 bits per heavy atom. The van der Waals surface area contributed by atoms with Crippen LogP contribution >= 0.6 is 0 Å². The molecule has 2 aromatic rings. The number of nitrogens with zero attached hydrogens (tertiary/aromatic N) is 2. The van der Waals surface area contributed by atoms with E-state index in [4.69, 9.17) is 0 Å². The lowest BCUT2D eigenvalue weighted by Crippen LogP contribution is -2.21. The van der Waals surface area contributed by atoms with Gasteiger partial charge in [-0.1, -0.05) is 19.9 Å². The number of aromatic nitrogens is 2. The molecule has 0 amide bonds. The molecule has 0 aliphatic rings. The van der Waals surface area contributed by atoms with Crippen LogP contribution in [-0.4, -0.2) is 15.8 Å². The van der Waals surface area contributed by atoms with E-state index in [1.807, 2.05) is 13.8 Å². The fraction of sp³-hybridized carbons (Fsp3) is 0.357. The molecule has 0 fully saturated rings. The van der Waals surface area contributed by atoms with Gasteiger partial charge in [-0.25, -0.2) is 9.07 Å². The zero-order valence-corrected chi connectivity index (χ0v) is 11.6. The average molecular weight is 301 g/mol. The molecule has 0 saturated carbocycles. The molecule has 0 saturated heterocycles. The second-order valence-corrected chi connectivity index (χ2v) is 4.99. The van der Waals surface area contributed by atoms with E-state index in [2.05, 4.69) is 10.4 Å². The number of nitrogens with one attached hydrogen (secondary N) is 1.